The molecule has 1 nitrogen and oxygen atoms in total. The van der Waals surface area contributed by atoms with Crippen LogP contribution in [0.25, 0.3) is 0 Å². The van der Waals surface area contributed by atoms with Crippen LogP contribution in [0.2, 0.25) is 0 Å². The van der Waals surface area contributed by atoms with Crippen LogP contribution < -0.4 is 0 Å². The predicted octanol–water partition coefficient (Wildman–Crippen LogP) is 5.72. The summed E-state index contributed by atoms with van der Waals surface area (Å²) in [7, 11) is 1.92. The van der Waals surface area contributed by atoms with Crippen molar-refractivity contribution < 1.29 is 4.74 Å². The normalized spacial score (nSPS) is 19.0. The van der Waals surface area contributed by atoms with E-state index in [4.69, 9.17) is 4.74 Å². The second kappa shape index (κ2) is 10.8. The summed E-state index contributed by atoms with van der Waals surface area (Å²) >= 11 is 0. The van der Waals surface area contributed by atoms with Crippen molar-refractivity contribution in [2.24, 2.45) is 5.92 Å². The van der Waals surface area contributed by atoms with Crippen LogP contribution in [0.4, 0.5) is 0 Å². The van der Waals surface area contributed by atoms with Crippen molar-refractivity contribution in [2.75, 3.05) is 7.11 Å². The smallest absolute Gasteiger partial charge is 0.0599 e. The van der Waals surface area contributed by atoms with Gasteiger partial charge in [-0.05, 0) is 25.2 Å². The summed E-state index contributed by atoms with van der Waals surface area (Å²) < 4.78 is 5.73. The minimum absolute atomic E-state index is 0.556. The van der Waals surface area contributed by atoms with E-state index < -0.39 is 0 Å². The fourth-order valence-corrected chi connectivity index (χ4v) is 3.35. The van der Waals surface area contributed by atoms with E-state index in [0.717, 1.165) is 5.92 Å². The Hall–Kier alpha value is -0.0400. The SMILES string of the molecule is CCCCCCCCCC(OC)C1CCCCC1. The van der Waals surface area contributed by atoms with Gasteiger partial charge in [-0.1, -0.05) is 71.1 Å². The first-order valence-electron chi connectivity index (χ1n) is 8.41. The molecular weight excluding hydrogens is 220 g/mol. The van der Waals surface area contributed by atoms with Gasteiger partial charge in [-0.25, -0.2) is 0 Å². The molecule has 1 atom stereocenters. The van der Waals surface area contributed by atoms with E-state index in [1.54, 1.807) is 0 Å². The molecule has 1 heteroatoms. The number of hydrogen-bond donors (Lipinski definition) is 0. The standard InChI is InChI=1S/C17H34O/c1-3-4-5-6-7-8-12-15-17(18-2)16-13-10-9-11-14-16/h16-17H,3-15H2,1-2H3. The first kappa shape index (κ1) is 16.0. The monoisotopic (exact) mass is 254 g/mol. The highest BCUT2D eigenvalue weighted by Crippen LogP contribution is 2.30. The molecule has 108 valence electrons. The lowest BCUT2D eigenvalue weighted by atomic mass is 9.83. The maximum Gasteiger partial charge on any atom is 0.0599 e. The predicted molar refractivity (Wildman–Crippen MR) is 80.0 cm³/mol. The summed E-state index contributed by atoms with van der Waals surface area (Å²) in [4.78, 5) is 0. The van der Waals surface area contributed by atoms with Crippen LogP contribution in [0.3, 0.4) is 0 Å². The Bertz CT molecular complexity index is 172. The van der Waals surface area contributed by atoms with Gasteiger partial charge in [0.25, 0.3) is 0 Å². The highest BCUT2D eigenvalue weighted by atomic mass is 16.5. The van der Waals surface area contributed by atoms with Crippen LogP contribution in [-0.4, -0.2) is 13.2 Å². The average Bonchev–Trinajstić information content (AvgIpc) is 2.43. The first-order valence-corrected chi connectivity index (χ1v) is 8.41. The molecule has 1 saturated carbocycles. The van der Waals surface area contributed by atoms with Crippen LogP contribution in [0.15, 0.2) is 0 Å². The third kappa shape index (κ3) is 6.78. The number of unbranched alkanes of at least 4 members (excludes halogenated alkanes) is 6. The molecule has 0 aliphatic heterocycles. The molecule has 1 rings (SSSR count). The Labute approximate surface area is 115 Å². The van der Waals surface area contributed by atoms with Crippen LogP contribution in [0, 0.1) is 5.92 Å². The fraction of sp³-hybridized carbons (Fsp3) is 1.00. The number of rotatable bonds is 10. The van der Waals surface area contributed by atoms with E-state index in [-0.39, 0.29) is 0 Å². The Morgan fingerprint density at radius 3 is 2.11 bits per heavy atom. The quantitative estimate of drug-likeness (QED) is 0.453. The summed E-state index contributed by atoms with van der Waals surface area (Å²) in [5.41, 5.74) is 0. The second-order valence-corrected chi connectivity index (χ2v) is 6.08. The van der Waals surface area contributed by atoms with Crippen LogP contribution in [0.5, 0.6) is 0 Å². The third-order valence-electron chi connectivity index (χ3n) is 4.57. The largest absolute Gasteiger partial charge is 0.381 e. The van der Waals surface area contributed by atoms with Gasteiger partial charge < -0.3 is 4.74 Å². The molecule has 0 aromatic heterocycles. The molecule has 0 spiro atoms. The zero-order chi connectivity index (χ0) is 13.1. The lowest BCUT2D eigenvalue weighted by molar-refractivity contribution is 0.0286. The maximum atomic E-state index is 5.73. The van der Waals surface area contributed by atoms with Gasteiger partial charge in [0.1, 0.15) is 0 Å². The molecule has 1 fully saturated rings. The van der Waals surface area contributed by atoms with Gasteiger partial charge in [0.15, 0.2) is 0 Å². The van der Waals surface area contributed by atoms with Crippen molar-refractivity contribution in [1.29, 1.82) is 0 Å². The van der Waals surface area contributed by atoms with Crippen molar-refractivity contribution in [1.82, 2.24) is 0 Å². The summed E-state index contributed by atoms with van der Waals surface area (Å²) in [5.74, 6) is 0.865. The number of ether oxygens (including phenoxy) is 1. The summed E-state index contributed by atoms with van der Waals surface area (Å²) in [6.45, 7) is 2.29. The molecule has 1 aliphatic carbocycles. The third-order valence-corrected chi connectivity index (χ3v) is 4.57. The van der Waals surface area contributed by atoms with Gasteiger partial charge in [-0.15, -0.1) is 0 Å². The van der Waals surface area contributed by atoms with Gasteiger partial charge in [0.2, 0.25) is 0 Å². The van der Waals surface area contributed by atoms with Crippen molar-refractivity contribution in [3.05, 3.63) is 0 Å². The Morgan fingerprint density at radius 2 is 1.50 bits per heavy atom. The first-order chi connectivity index (χ1) is 8.88. The lowest BCUT2D eigenvalue weighted by Crippen LogP contribution is -2.24. The molecule has 0 saturated heterocycles. The summed E-state index contributed by atoms with van der Waals surface area (Å²) in [5, 5.41) is 0. The Kier molecular flexibility index (Phi) is 9.65. The molecule has 0 heterocycles. The van der Waals surface area contributed by atoms with E-state index in [9.17, 15) is 0 Å². The highest BCUT2D eigenvalue weighted by molar-refractivity contribution is 4.74. The molecule has 0 aromatic carbocycles. The van der Waals surface area contributed by atoms with E-state index in [1.807, 2.05) is 7.11 Å². The maximum absolute atomic E-state index is 5.73. The van der Waals surface area contributed by atoms with Crippen LogP contribution in [-0.2, 0) is 4.74 Å². The van der Waals surface area contributed by atoms with Crippen molar-refractivity contribution in [3.63, 3.8) is 0 Å². The van der Waals surface area contributed by atoms with Crippen molar-refractivity contribution in [3.8, 4) is 0 Å². The van der Waals surface area contributed by atoms with Crippen molar-refractivity contribution >= 4 is 0 Å². The molecular formula is C17H34O. The molecule has 0 N–H and O–H groups in total. The fourth-order valence-electron chi connectivity index (χ4n) is 3.35. The minimum Gasteiger partial charge on any atom is -0.381 e. The molecule has 0 radical (unpaired) electrons. The van der Waals surface area contributed by atoms with Gasteiger partial charge in [0.05, 0.1) is 6.10 Å². The number of hydrogen-bond acceptors (Lipinski definition) is 1. The number of methoxy groups -OCH3 is 1. The summed E-state index contributed by atoms with van der Waals surface area (Å²) in [6.07, 6.45) is 18.9. The van der Waals surface area contributed by atoms with Gasteiger partial charge >= 0.3 is 0 Å². The zero-order valence-electron chi connectivity index (χ0n) is 12.8. The zero-order valence-corrected chi connectivity index (χ0v) is 12.8. The summed E-state index contributed by atoms with van der Waals surface area (Å²) in [6, 6.07) is 0. The van der Waals surface area contributed by atoms with E-state index in [0.29, 0.717) is 6.10 Å². The van der Waals surface area contributed by atoms with Gasteiger partial charge in [-0.2, -0.15) is 0 Å². The lowest BCUT2D eigenvalue weighted by Gasteiger charge is -2.29. The van der Waals surface area contributed by atoms with E-state index in [2.05, 4.69) is 6.92 Å². The highest BCUT2D eigenvalue weighted by Gasteiger charge is 2.22. The van der Waals surface area contributed by atoms with Gasteiger partial charge in [0, 0.05) is 7.11 Å². The second-order valence-electron chi connectivity index (χ2n) is 6.08. The molecule has 18 heavy (non-hydrogen) atoms. The van der Waals surface area contributed by atoms with E-state index >= 15 is 0 Å². The van der Waals surface area contributed by atoms with Crippen LogP contribution in [0.1, 0.15) is 90.4 Å². The van der Waals surface area contributed by atoms with E-state index in [1.165, 1.54) is 83.5 Å². The molecule has 0 amide bonds. The molecule has 0 aromatic rings. The van der Waals surface area contributed by atoms with Crippen LogP contribution >= 0.6 is 0 Å². The molecule has 0 bridgehead atoms. The Balaban J connectivity index is 2.00. The minimum atomic E-state index is 0.556. The van der Waals surface area contributed by atoms with Crippen molar-refractivity contribution in [2.45, 2.75) is 96.5 Å². The molecule has 1 aliphatic rings. The topological polar surface area (TPSA) is 9.23 Å². The van der Waals surface area contributed by atoms with Gasteiger partial charge in [-0.3, -0.25) is 0 Å². The Morgan fingerprint density at radius 1 is 0.889 bits per heavy atom. The average molecular weight is 254 g/mol. The molecule has 1 unspecified atom stereocenters.